The van der Waals surface area contributed by atoms with E-state index in [1.54, 1.807) is 6.07 Å². The maximum atomic E-state index is 11.5. The van der Waals surface area contributed by atoms with Crippen molar-refractivity contribution in [1.82, 2.24) is 5.32 Å². The van der Waals surface area contributed by atoms with Crippen LogP contribution in [0, 0.1) is 17.0 Å². The number of non-ortho nitro benzene ring substituents is 1. The van der Waals surface area contributed by atoms with Crippen molar-refractivity contribution in [3.63, 3.8) is 0 Å². The molecule has 7 heteroatoms. The van der Waals surface area contributed by atoms with E-state index in [-0.39, 0.29) is 11.6 Å². The molecule has 0 spiro atoms. The van der Waals surface area contributed by atoms with Gasteiger partial charge in [-0.3, -0.25) is 20.3 Å². The first-order valence-electron chi connectivity index (χ1n) is 5.94. The summed E-state index contributed by atoms with van der Waals surface area (Å²) in [6.45, 7) is 2.47. The zero-order chi connectivity index (χ0) is 13.8. The van der Waals surface area contributed by atoms with Gasteiger partial charge in [-0.05, 0) is 25.3 Å². The second-order valence-corrected chi connectivity index (χ2v) is 4.29. The number of amides is 1. The molecule has 2 rings (SSSR count). The number of hydrogen-bond acceptors (Lipinski definition) is 5. The number of piperidine rings is 1. The van der Waals surface area contributed by atoms with Crippen molar-refractivity contribution >= 4 is 23.0 Å². The Labute approximate surface area is 109 Å². The lowest BCUT2D eigenvalue weighted by atomic mass is 10.1. The smallest absolute Gasteiger partial charge is 0.271 e. The second kappa shape index (κ2) is 5.47. The van der Waals surface area contributed by atoms with Crippen molar-refractivity contribution < 1.29 is 9.72 Å². The maximum absolute atomic E-state index is 11.5. The summed E-state index contributed by atoms with van der Waals surface area (Å²) in [6, 6.07) is 4.47. The molecule has 0 radical (unpaired) electrons. The van der Waals surface area contributed by atoms with Gasteiger partial charge < -0.3 is 5.32 Å². The van der Waals surface area contributed by atoms with Crippen molar-refractivity contribution in [2.45, 2.75) is 19.8 Å². The van der Waals surface area contributed by atoms with E-state index in [2.05, 4.69) is 15.8 Å². The quantitative estimate of drug-likeness (QED) is 0.638. The van der Waals surface area contributed by atoms with E-state index in [1.165, 1.54) is 12.1 Å². The summed E-state index contributed by atoms with van der Waals surface area (Å²) in [7, 11) is 0. The Hall–Kier alpha value is -2.44. The Kier molecular flexibility index (Phi) is 3.74. The van der Waals surface area contributed by atoms with Gasteiger partial charge in [-0.1, -0.05) is 6.07 Å². The maximum Gasteiger partial charge on any atom is 0.271 e. The Morgan fingerprint density at radius 2 is 2.26 bits per heavy atom. The first-order valence-corrected chi connectivity index (χ1v) is 5.94. The molecule has 0 saturated carbocycles. The molecule has 19 heavy (non-hydrogen) atoms. The number of nitro groups is 1. The van der Waals surface area contributed by atoms with Crippen LogP contribution in [0.3, 0.4) is 0 Å². The molecular weight excluding hydrogens is 248 g/mol. The molecule has 0 atom stereocenters. The fourth-order valence-electron chi connectivity index (χ4n) is 1.75. The second-order valence-electron chi connectivity index (χ2n) is 4.29. The number of rotatable bonds is 3. The van der Waals surface area contributed by atoms with Gasteiger partial charge in [0.15, 0.2) is 0 Å². The minimum Gasteiger partial charge on any atom is -0.351 e. The molecule has 1 heterocycles. The molecule has 1 saturated heterocycles. The van der Waals surface area contributed by atoms with Crippen LogP contribution < -0.4 is 10.7 Å². The highest BCUT2D eigenvalue weighted by molar-refractivity contribution is 6.39. The number of carbonyl (C=O) groups is 1. The van der Waals surface area contributed by atoms with Gasteiger partial charge in [-0.15, -0.1) is 0 Å². The molecule has 0 aromatic heterocycles. The van der Waals surface area contributed by atoms with Gasteiger partial charge in [0.2, 0.25) is 0 Å². The van der Waals surface area contributed by atoms with Crippen LogP contribution in [0.4, 0.5) is 11.4 Å². The number of anilines is 1. The van der Waals surface area contributed by atoms with Crippen molar-refractivity contribution in [2.24, 2.45) is 5.10 Å². The van der Waals surface area contributed by atoms with Crippen molar-refractivity contribution in [2.75, 3.05) is 12.0 Å². The molecular formula is C12H14N4O3. The van der Waals surface area contributed by atoms with Crippen molar-refractivity contribution in [3.05, 3.63) is 33.9 Å². The Morgan fingerprint density at radius 3 is 2.95 bits per heavy atom. The highest BCUT2D eigenvalue weighted by Gasteiger charge is 2.16. The largest absolute Gasteiger partial charge is 0.351 e. The van der Waals surface area contributed by atoms with Gasteiger partial charge in [-0.2, -0.15) is 5.10 Å². The molecule has 7 nitrogen and oxygen atoms in total. The molecule has 1 amide bonds. The Morgan fingerprint density at radius 1 is 1.47 bits per heavy atom. The molecule has 1 aromatic rings. The third kappa shape index (κ3) is 3.06. The number of hydrogen-bond donors (Lipinski definition) is 2. The fourth-order valence-corrected chi connectivity index (χ4v) is 1.75. The van der Waals surface area contributed by atoms with Gasteiger partial charge in [0, 0.05) is 18.7 Å². The summed E-state index contributed by atoms with van der Waals surface area (Å²) in [5, 5.41) is 17.4. The van der Waals surface area contributed by atoms with Crippen LogP contribution in [0.2, 0.25) is 0 Å². The van der Waals surface area contributed by atoms with Gasteiger partial charge in [0.1, 0.15) is 5.71 Å². The molecule has 1 aliphatic rings. The third-order valence-electron chi connectivity index (χ3n) is 2.88. The molecule has 0 aliphatic carbocycles. The lowest BCUT2D eigenvalue weighted by molar-refractivity contribution is -0.384. The van der Waals surface area contributed by atoms with Gasteiger partial charge in [0.25, 0.3) is 11.6 Å². The average Bonchev–Trinajstić information content (AvgIpc) is 2.39. The van der Waals surface area contributed by atoms with Gasteiger partial charge in [-0.25, -0.2) is 0 Å². The van der Waals surface area contributed by atoms with Crippen molar-refractivity contribution in [1.29, 1.82) is 0 Å². The first kappa shape index (κ1) is 13.0. The van der Waals surface area contributed by atoms with E-state index in [9.17, 15) is 14.9 Å². The minimum absolute atomic E-state index is 0.0126. The van der Waals surface area contributed by atoms with E-state index in [4.69, 9.17) is 0 Å². The monoisotopic (exact) mass is 262 g/mol. The van der Waals surface area contributed by atoms with E-state index in [1.807, 2.05) is 6.92 Å². The van der Waals surface area contributed by atoms with Crippen molar-refractivity contribution in [3.8, 4) is 0 Å². The lowest BCUT2D eigenvalue weighted by Crippen LogP contribution is -2.37. The van der Waals surface area contributed by atoms with Gasteiger partial charge >= 0.3 is 0 Å². The normalized spacial score (nSPS) is 17.1. The standard InChI is InChI=1S/C12H14N4O3/c1-8-4-5-9(16(18)19)7-11(8)15-14-10-3-2-6-13-12(10)17/h4-5,7,15H,2-3,6H2,1H3,(H,13,17). The van der Waals surface area contributed by atoms with Crippen LogP contribution in [0.5, 0.6) is 0 Å². The van der Waals surface area contributed by atoms with Crippen LogP contribution in [0.1, 0.15) is 18.4 Å². The lowest BCUT2D eigenvalue weighted by Gasteiger charge is -2.14. The number of carbonyl (C=O) groups excluding carboxylic acids is 1. The van der Waals surface area contributed by atoms with Crippen LogP contribution in [-0.2, 0) is 4.79 Å². The molecule has 1 aromatic carbocycles. The highest BCUT2D eigenvalue weighted by atomic mass is 16.6. The number of nitrogens with one attached hydrogen (secondary N) is 2. The summed E-state index contributed by atoms with van der Waals surface area (Å²) in [5.41, 5.74) is 4.49. The number of hydrazone groups is 1. The SMILES string of the molecule is Cc1ccc([N+](=O)[O-])cc1NN=C1CCCNC1=O. The summed E-state index contributed by atoms with van der Waals surface area (Å²) in [5.74, 6) is -0.193. The summed E-state index contributed by atoms with van der Waals surface area (Å²) in [6.07, 6.45) is 1.45. The van der Waals surface area contributed by atoms with E-state index in [0.717, 1.165) is 12.0 Å². The molecule has 1 aliphatic heterocycles. The van der Waals surface area contributed by atoms with Crippen LogP contribution >= 0.6 is 0 Å². The minimum atomic E-state index is -0.467. The number of nitro benzene ring substituents is 1. The van der Waals surface area contributed by atoms with E-state index < -0.39 is 4.92 Å². The number of benzene rings is 1. The molecule has 1 fully saturated rings. The fraction of sp³-hybridized carbons (Fsp3) is 0.333. The number of nitrogens with zero attached hydrogens (tertiary/aromatic N) is 2. The highest BCUT2D eigenvalue weighted by Crippen LogP contribution is 2.21. The van der Waals surface area contributed by atoms with Crippen LogP contribution in [-0.4, -0.2) is 23.1 Å². The van der Waals surface area contributed by atoms with Crippen LogP contribution in [0.25, 0.3) is 0 Å². The molecule has 100 valence electrons. The third-order valence-corrected chi connectivity index (χ3v) is 2.88. The van der Waals surface area contributed by atoms with E-state index in [0.29, 0.717) is 24.4 Å². The average molecular weight is 262 g/mol. The Bertz CT molecular complexity index is 554. The van der Waals surface area contributed by atoms with Gasteiger partial charge in [0.05, 0.1) is 10.6 Å². The Balaban J connectivity index is 2.18. The predicted molar refractivity (Wildman–Crippen MR) is 71.1 cm³/mol. The summed E-state index contributed by atoms with van der Waals surface area (Å²) < 4.78 is 0. The van der Waals surface area contributed by atoms with Crippen LogP contribution in [0.15, 0.2) is 23.3 Å². The number of aryl methyl sites for hydroxylation is 1. The molecule has 0 bridgehead atoms. The van der Waals surface area contributed by atoms with E-state index >= 15 is 0 Å². The topological polar surface area (TPSA) is 96.6 Å². The predicted octanol–water partition coefficient (Wildman–Crippen LogP) is 1.58. The molecule has 0 unspecified atom stereocenters. The zero-order valence-electron chi connectivity index (χ0n) is 10.5. The summed E-state index contributed by atoms with van der Waals surface area (Å²) >= 11 is 0. The summed E-state index contributed by atoms with van der Waals surface area (Å²) in [4.78, 5) is 21.7. The first-order chi connectivity index (χ1) is 9.08. The molecule has 2 N–H and O–H groups in total. The zero-order valence-corrected chi connectivity index (χ0v) is 10.5.